The first kappa shape index (κ1) is 10.9. The van der Waals surface area contributed by atoms with Gasteiger partial charge in [-0.15, -0.1) is 5.11 Å². The summed E-state index contributed by atoms with van der Waals surface area (Å²) >= 11 is 1.52. The smallest absolute Gasteiger partial charge is 0.232 e. The summed E-state index contributed by atoms with van der Waals surface area (Å²) in [6.45, 7) is 0. The Kier molecular flexibility index (Phi) is 2.97. The molecule has 0 spiro atoms. The second-order valence-electron chi connectivity index (χ2n) is 3.64. The Morgan fingerprint density at radius 1 is 0.944 bits per heavy atom. The van der Waals surface area contributed by atoms with E-state index >= 15 is 0 Å². The van der Waals surface area contributed by atoms with Crippen LogP contribution in [0.25, 0.3) is 10.2 Å². The van der Waals surface area contributed by atoms with Crippen LogP contribution in [-0.4, -0.2) is 4.98 Å². The summed E-state index contributed by atoms with van der Waals surface area (Å²) < 4.78 is 1.12. The van der Waals surface area contributed by atoms with E-state index in [1.165, 1.54) is 11.3 Å². The van der Waals surface area contributed by atoms with E-state index in [1.807, 2.05) is 54.6 Å². The number of nitrogens with one attached hydrogen (secondary N) is 1. The molecule has 0 saturated heterocycles. The Morgan fingerprint density at radius 3 is 2.56 bits per heavy atom. The SMILES string of the molecule is c1ccc(NN=Nc2nc3ccccc3s2)cc1. The van der Waals surface area contributed by atoms with Crippen LogP contribution >= 0.6 is 11.3 Å². The maximum Gasteiger partial charge on any atom is 0.232 e. The van der Waals surface area contributed by atoms with Crippen LogP contribution < -0.4 is 5.43 Å². The highest BCUT2D eigenvalue weighted by atomic mass is 32.1. The van der Waals surface area contributed by atoms with Crippen LogP contribution in [-0.2, 0) is 0 Å². The number of nitrogens with zero attached hydrogens (tertiary/aromatic N) is 3. The van der Waals surface area contributed by atoms with Crippen molar-refractivity contribution in [2.24, 2.45) is 10.3 Å². The monoisotopic (exact) mass is 254 g/mol. The van der Waals surface area contributed by atoms with E-state index in [0.717, 1.165) is 15.9 Å². The van der Waals surface area contributed by atoms with Crippen molar-refractivity contribution < 1.29 is 0 Å². The van der Waals surface area contributed by atoms with Crippen LogP contribution in [0.5, 0.6) is 0 Å². The van der Waals surface area contributed by atoms with Gasteiger partial charge in [0.1, 0.15) is 0 Å². The molecule has 88 valence electrons. The Hall–Kier alpha value is -2.27. The molecule has 2 aromatic carbocycles. The van der Waals surface area contributed by atoms with Crippen LogP contribution in [0.2, 0.25) is 0 Å². The fourth-order valence-corrected chi connectivity index (χ4v) is 2.33. The lowest BCUT2D eigenvalue weighted by Crippen LogP contribution is -1.84. The van der Waals surface area contributed by atoms with Crippen molar-refractivity contribution in [2.75, 3.05) is 5.43 Å². The van der Waals surface area contributed by atoms with E-state index in [9.17, 15) is 0 Å². The van der Waals surface area contributed by atoms with Crippen LogP contribution in [0.1, 0.15) is 0 Å². The third-order valence-electron chi connectivity index (χ3n) is 2.37. The molecule has 3 rings (SSSR count). The predicted molar refractivity (Wildman–Crippen MR) is 74.2 cm³/mol. The maximum atomic E-state index is 4.36. The summed E-state index contributed by atoms with van der Waals surface area (Å²) in [7, 11) is 0. The van der Waals surface area contributed by atoms with E-state index < -0.39 is 0 Å². The van der Waals surface area contributed by atoms with E-state index in [1.54, 1.807) is 0 Å². The highest BCUT2D eigenvalue weighted by Gasteiger charge is 2.00. The molecule has 5 heteroatoms. The molecule has 0 bridgehead atoms. The number of rotatable bonds is 3. The van der Waals surface area contributed by atoms with E-state index in [4.69, 9.17) is 0 Å². The number of anilines is 1. The van der Waals surface area contributed by atoms with Crippen molar-refractivity contribution in [3.8, 4) is 0 Å². The van der Waals surface area contributed by atoms with Crippen molar-refractivity contribution in [3.05, 3.63) is 54.6 Å². The van der Waals surface area contributed by atoms with Gasteiger partial charge < -0.3 is 0 Å². The van der Waals surface area contributed by atoms with Gasteiger partial charge in [-0.1, -0.05) is 46.9 Å². The molecule has 0 radical (unpaired) electrons. The number of para-hydroxylation sites is 2. The zero-order valence-corrected chi connectivity index (χ0v) is 10.3. The first-order valence-corrected chi connectivity index (χ1v) is 6.31. The van der Waals surface area contributed by atoms with Gasteiger partial charge in [0.25, 0.3) is 0 Å². The van der Waals surface area contributed by atoms with Crippen LogP contribution in [0.15, 0.2) is 64.9 Å². The van der Waals surface area contributed by atoms with Gasteiger partial charge in [0, 0.05) is 0 Å². The standard InChI is InChI=1S/C13H10N4S/c1-2-6-10(7-3-1)15-17-16-13-14-11-8-4-5-9-12(11)18-13/h1-9H,(H,14,15,16). The molecule has 3 aromatic rings. The minimum absolute atomic E-state index is 0.652. The fraction of sp³-hybridized carbons (Fsp3) is 0. The minimum atomic E-state index is 0.652. The molecule has 0 saturated carbocycles. The molecule has 18 heavy (non-hydrogen) atoms. The van der Waals surface area contributed by atoms with Crippen molar-refractivity contribution in [2.45, 2.75) is 0 Å². The van der Waals surface area contributed by atoms with Gasteiger partial charge in [0.2, 0.25) is 5.13 Å². The lowest BCUT2D eigenvalue weighted by molar-refractivity contribution is 1.12. The van der Waals surface area contributed by atoms with Crippen LogP contribution in [0.4, 0.5) is 10.8 Å². The summed E-state index contributed by atoms with van der Waals surface area (Å²) in [4.78, 5) is 4.36. The summed E-state index contributed by atoms with van der Waals surface area (Å²) in [6, 6.07) is 17.6. The molecular weight excluding hydrogens is 244 g/mol. The second kappa shape index (κ2) is 4.93. The van der Waals surface area contributed by atoms with Crippen LogP contribution in [0, 0.1) is 0 Å². The molecule has 1 N–H and O–H groups in total. The van der Waals surface area contributed by atoms with Gasteiger partial charge in [0.15, 0.2) is 0 Å². The van der Waals surface area contributed by atoms with E-state index in [-0.39, 0.29) is 0 Å². The number of aromatic nitrogens is 1. The quantitative estimate of drug-likeness (QED) is 0.556. The highest BCUT2D eigenvalue weighted by molar-refractivity contribution is 7.21. The van der Waals surface area contributed by atoms with Crippen molar-refractivity contribution in [1.82, 2.24) is 4.98 Å². The first-order valence-electron chi connectivity index (χ1n) is 5.49. The average molecular weight is 254 g/mol. The molecule has 1 heterocycles. The topological polar surface area (TPSA) is 49.6 Å². The third kappa shape index (κ3) is 2.36. The number of hydrogen-bond donors (Lipinski definition) is 1. The van der Waals surface area contributed by atoms with Gasteiger partial charge in [-0.3, -0.25) is 5.43 Å². The van der Waals surface area contributed by atoms with E-state index in [2.05, 4.69) is 20.7 Å². The number of thiazole rings is 1. The summed E-state index contributed by atoms with van der Waals surface area (Å²) in [5.41, 5.74) is 4.72. The third-order valence-corrected chi connectivity index (χ3v) is 3.29. The first-order chi connectivity index (χ1) is 8.92. The Bertz CT molecular complexity index is 643. The largest absolute Gasteiger partial charge is 0.260 e. The second-order valence-corrected chi connectivity index (χ2v) is 4.65. The fourth-order valence-electron chi connectivity index (χ4n) is 1.54. The molecule has 4 nitrogen and oxygen atoms in total. The highest BCUT2D eigenvalue weighted by Crippen LogP contribution is 2.27. The van der Waals surface area contributed by atoms with Crippen molar-refractivity contribution in [1.29, 1.82) is 0 Å². The average Bonchev–Trinajstić information content (AvgIpc) is 2.82. The molecule has 0 aliphatic rings. The van der Waals surface area contributed by atoms with E-state index in [0.29, 0.717) is 5.13 Å². The summed E-state index contributed by atoms with van der Waals surface area (Å²) in [6.07, 6.45) is 0. The molecule has 0 unspecified atom stereocenters. The number of hydrogen-bond acceptors (Lipinski definition) is 4. The van der Waals surface area contributed by atoms with Gasteiger partial charge in [-0.2, -0.15) is 0 Å². The zero-order chi connectivity index (χ0) is 12.2. The van der Waals surface area contributed by atoms with Gasteiger partial charge in [-0.05, 0) is 24.3 Å². The predicted octanol–water partition coefficient (Wildman–Crippen LogP) is 4.41. The van der Waals surface area contributed by atoms with Crippen molar-refractivity contribution >= 4 is 32.4 Å². The Labute approximate surface area is 108 Å². The van der Waals surface area contributed by atoms with Gasteiger partial charge >= 0.3 is 0 Å². The summed E-state index contributed by atoms with van der Waals surface area (Å²) in [5.74, 6) is 0. The molecule has 0 amide bonds. The molecule has 1 aromatic heterocycles. The molecular formula is C13H10N4S. The lowest BCUT2D eigenvalue weighted by Gasteiger charge is -1.95. The maximum absolute atomic E-state index is 4.36. The number of fused-ring (bicyclic) bond motifs is 1. The molecule has 0 aliphatic heterocycles. The van der Waals surface area contributed by atoms with Gasteiger partial charge in [-0.25, -0.2) is 4.98 Å². The minimum Gasteiger partial charge on any atom is -0.260 e. The van der Waals surface area contributed by atoms with Crippen LogP contribution in [0.3, 0.4) is 0 Å². The molecule has 0 aliphatic carbocycles. The Morgan fingerprint density at radius 2 is 1.72 bits per heavy atom. The van der Waals surface area contributed by atoms with Crippen molar-refractivity contribution in [3.63, 3.8) is 0 Å². The summed E-state index contributed by atoms with van der Waals surface area (Å²) in [5, 5.41) is 8.64. The lowest BCUT2D eigenvalue weighted by atomic mass is 10.3. The van der Waals surface area contributed by atoms with Gasteiger partial charge in [0.05, 0.1) is 15.9 Å². The normalized spacial score (nSPS) is 11.1. The number of benzene rings is 2. The Balaban J connectivity index is 1.76. The molecule has 0 fully saturated rings. The zero-order valence-electron chi connectivity index (χ0n) is 9.45. The molecule has 0 atom stereocenters.